The zero-order valence-electron chi connectivity index (χ0n) is 16.8. The fourth-order valence-electron chi connectivity index (χ4n) is 4.12. The standard InChI is InChI=1S/C21H26ClN3O4S/c22-18-7-3-5-16(11-18)12-19-13-23-21(29-19)17-6-4-8-24(14-17)20(26)15-25-9-1-2-10-30(25,27)28/h3,5,7,11,13,17H,1-2,4,6,8-10,12,14-15H2/t17-/m0/s1. The quantitative estimate of drug-likeness (QED) is 0.697. The number of halogens is 1. The smallest absolute Gasteiger partial charge is 0.237 e. The van der Waals surface area contributed by atoms with Crippen LogP contribution in [0.2, 0.25) is 5.02 Å². The summed E-state index contributed by atoms with van der Waals surface area (Å²) in [6.07, 6.45) is 5.55. The number of carbonyl (C=O) groups is 1. The van der Waals surface area contributed by atoms with Crippen LogP contribution >= 0.6 is 11.6 Å². The maximum absolute atomic E-state index is 12.8. The van der Waals surface area contributed by atoms with Crippen molar-refractivity contribution in [3.8, 4) is 0 Å². The lowest BCUT2D eigenvalue weighted by molar-refractivity contribution is -0.132. The van der Waals surface area contributed by atoms with Gasteiger partial charge in [0.2, 0.25) is 15.9 Å². The van der Waals surface area contributed by atoms with Crippen LogP contribution in [0, 0.1) is 0 Å². The molecule has 4 rings (SSSR count). The lowest BCUT2D eigenvalue weighted by Gasteiger charge is -2.33. The van der Waals surface area contributed by atoms with Gasteiger partial charge in [-0.25, -0.2) is 13.4 Å². The number of aromatic nitrogens is 1. The van der Waals surface area contributed by atoms with Gasteiger partial charge in [0.1, 0.15) is 5.76 Å². The Labute approximate surface area is 182 Å². The Hall–Kier alpha value is -1.90. The number of rotatable bonds is 5. The molecule has 7 nitrogen and oxygen atoms in total. The van der Waals surface area contributed by atoms with Gasteiger partial charge in [-0.1, -0.05) is 23.7 Å². The summed E-state index contributed by atoms with van der Waals surface area (Å²) in [5, 5.41) is 0.685. The molecule has 9 heteroatoms. The van der Waals surface area contributed by atoms with E-state index in [1.165, 1.54) is 4.31 Å². The summed E-state index contributed by atoms with van der Waals surface area (Å²) < 4.78 is 31.7. The van der Waals surface area contributed by atoms with Gasteiger partial charge in [0.25, 0.3) is 0 Å². The number of amides is 1. The van der Waals surface area contributed by atoms with Gasteiger partial charge >= 0.3 is 0 Å². The fraction of sp³-hybridized carbons (Fsp3) is 0.524. The number of carbonyl (C=O) groups excluding carboxylic acids is 1. The van der Waals surface area contributed by atoms with E-state index in [4.69, 9.17) is 16.0 Å². The Morgan fingerprint density at radius 3 is 2.90 bits per heavy atom. The highest BCUT2D eigenvalue weighted by Gasteiger charge is 2.32. The van der Waals surface area contributed by atoms with Gasteiger partial charge in [-0.2, -0.15) is 4.31 Å². The first-order valence-electron chi connectivity index (χ1n) is 10.4. The third-order valence-electron chi connectivity index (χ3n) is 5.73. The van der Waals surface area contributed by atoms with E-state index in [0.29, 0.717) is 43.4 Å². The van der Waals surface area contributed by atoms with Gasteiger partial charge < -0.3 is 9.32 Å². The molecule has 0 saturated carbocycles. The van der Waals surface area contributed by atoms with Crippen molar-refractivity contribution in [3.63, 3.8) is 0 Å². The Balaban J connectivity index is 1.38. The van der Waals surface area contributed by atoms with Crippen LogP contribution in [0.25, 0.3) is 0 Å². The highest BCUT2D eigenvalue weighted by molar-refractivity contribution is 7.89. The molecule has 1 aromatic carbocycles. The zero-order chi connectivity index (χ0) is 21.1. The third-order valence-corrected chi connectivity index (χ3v) is 7.87. The molecule has 0 bridgehead atoms. The highest BCUT2D eigenvalue weighted by Crippen LogP contribution is 2.28. The summed E-state index contributed by atoms with van der Waals surface area (Å²) in [5.41, 5.74) is 1.05. The van der Waals surface area contributed by atoms with Gasteiger partial charge in [0.05, 0.1) is 24.4 Å². The van der Waals surface area contributed by atoms with Gasteiger partial charge in [0, 0.05) is 31.1 Å². The van der Waals surface area contributed by atoms with Crippen LogP contribution in [0.15, 0.2) is 34.9 Å². The average Bonchev–Trinajstić information content (AvgIpc) is 3.18. The molecule has 2 saturated heterocycles. The molecule has 2 aliphatic heterocycles. The Bertz CT molecular complexity index is 1010. The molecular formula is C21H26ClN3O4S. The van der Waals surface area contributed by atoms with Crippen LogP contribution in [0.5, 0.6) is 0 Å². The SMILES string of the molecule is O=C(CN1CCCCS1(=O)=O)N1CCC[C@H](c2ncc(Cc3cccc(Cl)c3)o2)C1. The minimum absolute atomic E-state index is 0.0220. The molecule has 2 fully saturated rings. The number of sulfonamides is 1. The van der Waals surface area contributed by atoms with E-state index in [9.17, 15) is 13.2 Å². The number of hydrogen-bond acceptors (Lipinski definition) is 5. The molecule has 1 atom stereocenters. The van der Waals surface area contributed by atoms with Crippen LogP contribution in [-0.4, -0.2) is 60.4 Å². The fourth-order valence-corrected chi connectivity index (χ4v) is 5.87. The molecule has 2 aromatic rings. The van der Waals surface area contributed by atoms with Crippen molar-refractivity contribution in [2.75, 3.05) is 31.9 Å². The minimum Gasteiger partial charge on any atom is -0.445 e. The van der Waals surface area contributed by atoms with E-state index in [0.717, 1.165) is 30.6 Å². The van der Waals surface area contributed by atoms with E-state index in [1.54, 1.807) is 11.1 Å². The average molecular weight is 452 g/mol. The van der Waals surface area contributed by atoms with Crippen molar-refractivity contribution in [1.29, 1.82) is 0 Å². The minimum atomic E-state index is -3.31. The molecule has 162 valence electrons. The second-order valence-electron chi connectivity index (χ2n) is 8.01. The van der Waals surface area contributed by atoms with E-state index in [2.05, 4.69) is 4.98 Å². The van der Waals surface area contributed by atoms with Crippen molar-refractivity contribution < 1.29 is 17.6 Å². The maximum Gasteiger partial charge on any atom is 0.237 e. The molecule has 0 spiro atoms. The Morgan fingerprint density at radius 1 is 1.23 bits per heavy atom. The summed E-state index contributed by atoms with van der Waals surface area (Å²) >= 11 is 6.05. The lowest BCUT2D eigenvalue weighted by atomic mass is 9.98. The molecule has 1 aromatic heterocycles. The van der Waals surface area contributed by atoms with Crippen LogP contribution in [0.3, 0.4) is 0 Å². The molecule has 3 heterocycles. The topological polar surface area (TPSA) is 83.7 Å². The third kappa shape index (κ3) is 5.04. The van der Waals surface area contributed by atoms with Gasteiger partial charge in [0.15, 0.2) is 5.89 Å². The second kappa shape index (κ2) is 9.08. The molecular weight excluding hydrogens is 426 g/mol. The summed E-state index contributed by atoms with van der Waals surface area (Å²) in [4.78, 5) is 19.0. The van der Waals surface area contributed by atoms with Gasteiger partial charge in [-0.3, -0.25) is 4.79 Å². The Kier molecular flexibility index (Phi) is 6.46. The zero-order valence-corrected chi connectivity index (χ0v) is 18.4. The van der Waals surface area contributed by atoms with Crippen LogP contribution in [0.1, 0.15) is 48.8 Å². The largest absolute Gasteiger partial charge is 0.445 e. The normalized spacial score (nSPS) is 22.2. The molecule has 1 amide bonds. The van der Waals surface area contributed by atoms with Crippen molar-refractivity contribution in [3.05, 3.63) is 52.7 Å². The van der Waals surface area contributed by atoms with Crippen LogP contribution in [-0.2, 0) is 21.2 Å². The van der Waals surface area contributed by atoms with E-state index < -0.39 is 10.0 Å². The van der Waals surface area contributed by atoms with E-state index >= 15 is 0 Å². The summed E-state index contributed by atoms with van der Waals surface area (Å²) in [6.45, 7) is 1.50. The molecule has 0 N–H and O–H groups in total. The van der Waals surface area contributed by atoms with Gasteiger partial charge in [-0.15, -0.1) is 0 Å². The summed E-state index contributed by atoms with van der Waals surface area (Å²) in [5.74, 6) is 1.41. The number of oxazole rings is 1. The number of nitrogens with zero attached hydrogens (tertiary/aromatic N) is 3. The second-order valence-corrected chi connectivity index (χ2v) is 10.5. The van der Waals surface area contributed by atoms with Crippen molar-refractivity contribution in [1.82, 2.24) is 14.2 Å². The van der Waals surface area contributed by atoms with Crippen LogP contribution < -0.4 is 0 Å². The predicted molar refractivity (Wildman–Crippen MR) is 114 cm³/mol. The van der Waals surface area contributed by atoms with E-state index in [-0.39, 0.29) is 24.1 Å². The number of likely N-dealkylation sites (tertiary alicyclic amines) is 1. The van der Waals surface area contributed by atoms with Gasteiger partial charge in [-0.05, 0) is 43.4 Å². The predicted octanol–water partition coefficient (Wildman–Crippen LogP) is 3.05. The molecule has 0 unspecified atom stereocenters. The molecule has 30 heavy (non-hydrogen) atoms. The van der Waals surface area contributed by atoms with Crippen molar-refractivity contribution >= 4 is 27.5 Å². The van der Waals surface area contributed by atoms with Crippen LogP contribution in [0.4, 0.5) is 0 Å². The first-order chi connectivity index (χ1) is 14.4. The monoisotopic (exact) mass is 451 g/mol. The number of benzene rings is 1. The highest BCUT2D eigenvalue weighted by atomic mass is 35.5. The molecule has 0 aliphatic carbocycles. The number of piperidine rings is 1. The lowest BCUT2D eigenvalue weighted by Crippen LogP contribution is -2.48. The molecule has 0 radical (unpaired) electrons. The summed E-state index contributed by atoms with van der Waals surface area (Å²) in [7, 11) is -3.31. The van der Waals surface area contributed by atoms with Crippen molar-refractivity contribution in [2.24, 2.45) is 0 Å². The summed E-state index contributed by atoms with van der Waals surface area (Å²) in [6, 6.07) is 7.63. The first-order valence-corrected chi connectivity index (χ1v) is 12.3. The molecule has 2 aliphatic rings. The first kappa shape index (κ1) is 21.3. The Morgan fingerprint density at radius 2 is 2.10 bits per heavy atom. The number of hydrogen-bond donors (Lipinski definition) is 0. The maximum atomic E-state index is 12.8. The van der Waals surface area contributed by atoms with E-state index in [1.807, 2.05) is 24.3 Å². The van der Waals surface area contributed by atoms with Crippen molar-refractivity contribution in [2.45, 2.75) is 38.0 Å².